The molecule has 128 valence electrons. The summed E-state index contributed by atoms with van der Waals surface area (Å²) in [5.41, 5.74) is 1.50. The summed E-state index contributed by atoms with van der Waals surface area (Å²) < 4.78 is 5.07. The van der Waals surface area contributed by atoms with Crippen LogP contribution in [0.2, 0.25) is 5.02 Å². The van der Waals surface area contributed by atoms with Gasteiger partial charge in [0.05, 0.1) is 12.6 Å². The van der Waals surface area contributed by atoms with Crippen LogP contribution in [0.5, 0.6) is 0 Å². The zero-order chi connectivity index (χ0) is 17.8. The predicted octanol–water partition coefficient (Wildman–Crippen LogP) is 3.14. The number of amides is 1. The van der Waals surface area contributed by atoms with Crippen LogP contribution >= 0.6 is 11.6 Å². The Hall–Kier alpha value is -2.66. The quantitative estimate of drug-likeness (QED) is 0.676. The molecule has 0 spiro atoms. The molecule has 0 saturated heterocycles. The highest BCUT2D eigenvalue weighted by molar-refractivity contribution is 6.30. The van der Waals surface area contributed by atoms with Crippen LogP contribution in [0.15, 0.2) is 59.6 Å². The Morgan fingerprint density at radius 1 is 1.16 bits per heavy atom. The first-order valence-electron chi connectivity index (χ1n) is 7.96. The van der Waals surface area contributed by atoms with Crippen LogP contribution in [0.4, 0.5) is 0 Å². The number of halogens is 1. The molecule has 5 nitrogen and oxygen atoms in total. The maximum atomic E-state index is 12.6. The summed E-state index contributed by atoms with van der Waals surface area (Å²) in [6, 6.07) is 15.6. The summed E-state index contributed by atoms with van der Waals surface area (Å²) in [5.74, 6) is -1.61. The van der Waals surface area contributed by atoms with Crippen molar-refractivity contribution in [1.82, 2.24) is 5.32 Å². The van der Waals surface area contributed by atoms with Crippen molar-refractivity contribution in [3.05, 3.63) is 70.7 Å². The summed E-state index contributed by atoms with van der Waals surface area (Å²) >= 11 is 5.95. The van der Waals surface area contributed by atoms with Crippen molar-refractivity contribution in [2.24, 2.45) is 10.9 Å². The molecule has 6 heteroatoms. The van der Waals surface area contributed by atoms with Crippen molar-refractivity contribution in [1.29, 1.82) is 0 Å². The summed E-state index contributed by atoms with van der Waals surface area (Å²) in [6.07, 6.45) is 0. The monoisotopic (exact) mass is 356 g/mol. The number of nitrogens with zero attached hydrogens (tertiary/aromatic N) is 1. The van der Waals surface area contributed by atoms with Crippen molar-refractivity contribution in [3.63, 3.8) is 0 Å². The number of carbonyl (C=O) groups is 2. The lowest BCUT2D eigenvalue weighted by atomic mass is 9.90. The summed E-state index contributed by atoms with van der Waals surface area (Å²) in [4.78, 5) is 29.6. The molecule has 0 aromatic heterocycles. The van der Waals surface area contributed by atoms with Gasteiger partial charge in [0.15, 0.2) is 5.92 Å². The third-order valence-electron chi connectivity index (χ3n) is 3.91. The number of aliphatic imine (C=N–C) groups is 1. The fraction of sp³-hybridized carbons (Fsp3) is 0.211. The van der Waals surface area contributed by atoms with Gasteiger partial charge in [-0.3, -0.25) is 14.6 Å². The fourth-order valence-corrected chi connectivity index (χ4v) is 2.85. The standard InChI is InChI=1S/C19H17ClN2O3/c1-2-25-19(24)15-16(12-8-10-14(20)11-9-12)21-17(22-18(15)23)13-6-4-3-5-7-13/h3-11,15-16H,2H2,1H3,(H,21,22,23)/t15-,16-/m1/s1. The normalized spacial score (nSPS) is 19.8. The van der Waals surface area contributed by atoms with Gasteiger partial charge in [-0.25, -0.2) is 0 Å². The molecule has 0 aliphatic carbocycles. The molecule has 1 N–H and O–H groups in total. The molecular weight excluding hydrogens is 340 g/mol. The van der Waals surface area contributed by atoms with Crippen molar-refractivity contribution in [2.75, 3.05) is 6.61 Å². The van der Waals surface area contributed by atoms with Crippen molar-refractivity contribution < 1.29 is 14.3 Å². The van der Waals surface area contributed by atoms with Gasteiger partial charge in [-0.2, -0.15) is 0 Å². The van der Waals surface area contributed by atoms with Crippen LogP contribution < -0.4 is 5.32 Å². The van der Waals surface area contributed by atoms with Gasteiger partial charge in [-0.1, -0.05) is 54.1 Å². The molecule has 1 aliphatic rings. The van der Waals surface area contributed by atoms with Crippen molar-refractivity contribution in [3.8, 4) is 0 Å². The molecule has 1 aliphatic heterocycles. The fourth-order valence-electron chi connectivity index (χ4n) is 2.72. The largest absolute Gasteiger partial charge is 0.465 e. The van der Waals surface area contributed by atoms with Gasteiger partial charge in [-0.05, 0) is 24.6 Å². The smallest absolute Gasteiger partial charge is 0.321 e. The van der Waals surface area contributed by atoms with Crippen LogP contribution in [0.3, 0.4) is 0 Å². The first-order valence-corrected chi connectivity index (χ1v) is 8.34. The lowest BCUT2D eigenvalue weighted by Crippen LogP contribution is -2.47. The van der Waals surface area contributed by atoms with E-state index < -0.39 is 23.8 Å². The second-order valence-electron chi connectivity index (χ2n) is 5.56. The van der Waals surface area contributed by atoms with Gasteiger partial charge >= 0.3 is 5.97 Å². The topological polar surface area (TPSA) is 67.8 Å². The third kappa shape index (κ3) is 3.72. The number of hydrogen-bond donors (Lipinski definition) is 1. The molecule has 25 heavy (non-hydrogen) atoms. The van der Waals surface area contributed by atoms with Crippen LogP contribution in [-0.2, 0) is 14.3 Å². The predicted molar refractivity (Wildman–Crippen MR) is 95.4 cm³/mol. The van der Waals surface area contributed by atoms with E-state index in [0.29, 0.717) is 10.9 Å². The Kier molecular flexibility index (Phi) is 5.14. The van der Waals surface area contributed by atoms with E-state index in [2.05, 4.69) is 10.3 Å². The summed E-state index contributed by atoms with van der Waals surface area (Å²) in [6.45, 7) is 1.90. The Bertz CT molecular complexity index is 803. The molecule has 0 radical (unpaired) electrons. The van der Waals surface area contributed by atoms with Gasteiger partial charge in [0.25, 0.3) is 0 Å². The average molecular weight is 357 g/mol. The molecule has 1 amide bonds. The van der Waals surface area contributed by atoms with E-state index in [-0.39, 0.29) is 6.61 Å². The third-order valence-corrected chi connectivity index (χ3v) is 4.16. The lowest BCUT2D eigenvalue weighted by molar-refractivity contribution is -0.153. The number of ether oxygens (including phenoxy) is 1. The summed E-state index contributed by atoms with van der Waals surface area (Å²) in [5, 5.41) is 3.29. The van der Waals surface area contributed by atoms with E-state index >= 15 is 0 Å². The number of rotatable bonds is 4. The van der Waals surface area contributed by atoms with Crippen LogP contribution in [0.1, 0.15) is 24.1 Å². The van der Waals surface area contributed by atoms with Crippen molar-refractivity contribution >= 4 is 29.3 Å². The zero-order valence-corrected chi connectivity index (χ0v) is 14.4. The average Bonchev–Trinajstić information content (AvgIpc) is 2.62. The Balaban J connectivity index is 2.05. The summed E-state index contributed by atoms with van der Waals surface area (Å²) in [7, 11) is 0. The molecule has 2 aromatic carbocycles. The first kappa shape index (κ1) is 17.2. The van der Waals surface area contributed by atoms with Gasteiger partial charge in [0, 0.05) is 10.6 Å². The number of benzene rings is 2. The van der Waals surface area contributed by atoms with Gasteiger partial charge in [0.1, 0.15) is 5.84 Å². The second kappa shape index (κ2) is 7.49. The molecule has 0 fully saturated rings. The minimum absolute atomic E-state index is 0.200. The Morgan fingerprint density at radius 2 is 1.84 bits per heavy atom. The van der Waals surface area contributed by atoms with E-state index in [4.69, 9.17) is 16.3 Å². The lowest BCUT2D eigenvalue weighted by Gasteiger charge is -2.28. The second-order valence-corrected chi connectivity index (χ2v) is 6.00. The number of carbonyl (C=O) groups excluding carboxylic acids is 2. The van der Waals surface area contributed by atoms with Gasteiger partial charge in [0.2, 0.25) is 5.91 Å². The van der Waals surface area contributed by atoms with E-state index in [1.54, 1.807) is 31.2 Å². The highest BCUT2D eigenvalue weighted by Gasteiger charge is 2.41. The van der Waals surface area contributed by atoms with Crippen LogP contribution in [0, 0.1) is 5.92 Å². The molecule has 2 aromatic rings. The van der Waals surface area contributed by atoms with Crippen molar-refractivity contribution in [2.45, 2.75) is 13.0 Å². The van der Waals surface area contributed by atoms with E-state index in [9.17, 15) is 9.59 Å². The van der Waals surface area contributed by atoms with E-state index in [0.717, 1.165) is 11.1 Å². The minimum atomic E-state index is -1.03. The van der Waals surface area contributed by atoms with Crippen LogP contribution in [-0.4, -0.2) is 24.3 Å². The Labute approximate surface area is 150 Å². The number of nitrogens with one attached hydrogen (secondary N) is 1. The van der Waals surface area contributed by atoms with Crippen LogP contribution in [0.25, 0.3) is 0 Å². The SMILES string of the molecule is CCOC(=O)[C@H]1C(=O)NC(c2ccccc2)=N[C@@H]1c1ccc(Cl)cc1. The first-order chi connectivity index (χ1) is 12.1. The minimum Gasteiger partial charge on any atom is -0.465 e. The van der Waals surface area contributed by atoms with Gasteiger partial charge in [-0.15, -0.1) is 0 Å². The number of amidine groups is 1. The highest BCUT2D eigenvalue weighted by atomic mass is 35.5. The molecule has 0 bridgehead atoms. The highest BCUT2D eigenvalue weighted by Crippen LogP contribution is 2.32. The zero-order valence-electron chi connectivity index (χ0n) is 13.6. The molecule has 1 heterocycles. The van der Waals surface area contributed by atoms with Gasteiger partial charge < -0.3 is 10.1 Å². The number of hydrogen-bond acceptors (Lipinski definition) is 4. The maximum Gasteiger partial charge on any atom is 0.321 e. The molecule has 3 rings (SSSR count). The molecule has 2 atom stereocenters. The Morgan fingerprint density at radius 3 is 2.48 bits per heavy atom. The number of esters is 1. The molecular formula is C19H17ClN2O3. The molecule has 0 unspecified atom stereocenters. The van der Waals surface area contributed by atoms with E-state index in [1.165, 1.54) is 0 Å². The maximum absolute atomic E-state index is 12.6. The van der Waals surface area contributed by atoms with E-state index in [1.807, 2.05) is 30.3 Å². The molecule has 0 saturated carbocycles.